The first-order valence-corrected chi connectivity index (χ1v) is 25.2. The molecule has 8 rings (SSSR count). The Balaban J connectivity index is 0.892. The van der Waals surface area contributed by atoms with Gasteiger partial charge in [-0.25, -0.2) is 4.79 Å². The van der Waals surface area contributed by atoms with Gasteiger partial charge in [0.25, 0.3) is 0 Å². The van der Waals surface area contributed by atoms with Crippen LogP contribution in [-0.4, -0.2) is 163 Å². The maximum atomic E-state index is 13.4. The zero-order valence-corrected chi connectivity index (χ0v) is 42.0. The van der Waals surface area contributed by atoms with Crippen LogP contribution in [0, 0.1) is 28.6 Å². The number of anilines is 1. The summed E-state index contributed by atoms with van der Waals surface area (Å²) in [7, 11) is 4.66. The number of benzene rings is 1. The normalized spacial score (nSPS) is 48.1. The fraction of sp³-hybridized carbons (Fsp3) is 0.843. The van der Waals surface area contributed by atoms with E-state index in [2.05, 4.69) is 6.92 Å². The summed E-state index contributed by atoms with van der Waals surface area (Å²) in [5.41, 5.74) is 1.87. The quantitative estimate of drug-likeness (QED) is 0.106. The van der Waals surface area contributed by atoms with Crippen LogP contribution in [0.1, 0.15) is 123 Å². The summed E-state index contributed by atoms with van der Waals surface area (Å²) in [6, 6.07) is 6.61. The molecule has 23 unspecified atom stereocenters. The molecule has 4 saturated carbocycles. The molecule has 18 nitrogen and oxygen atoms in total. The van der Waals surface area contributed by atoms with Crippen LogP contribution in [0.15, 0.2) is 24.3 Å². The monoisotopic (exact) mass is 978 g/mol. The largest absolute Gasteiger partial charge is 0.462 e. The maximum Gasteiger partial charge on any atom is 0.340 e. The first-order valence-electron chi connectivity index (χ1n) is 25.2. The SMILES string of the molecule is COC1CC(OC2CCC3(C)C(CCC4C3CC(OC(C)=O)C3(C)C(O)(C(C)OC(=O)c5ccccc5N)CCC43O)C2)OC(C)C1OC1CC(OC)C(OC2OC(C)C(O)C(OC)C2O)C(C)O1. The molecule has 4 aliphatic carbocycles. The van der Waals surface area contributed by atoms with Gasteiger partial charge in [-0.2, -0.15) is 0 Å². The molecule has 3 heterocycles. The summed E-state index contributed by atoms with van der Waals surface area (Å²) in [4.78, 5) is 26.3. The molecule has 3 aliphatic heterocycles. The number of ether oxygens (including phenoxy) is 11. The van der Waals surface area contributed by atoms with Crippen molar-refractivity contribution in [2.45, 2.75) is 222 Å². The van der Waals surface area contributed by atoms with E-state index >= 15 is 0 Å². The summed E-state index contributed by atoms with van der Waals surface area (Å²) in [5, 5.41) is 47.2. The van der Waals surface area contributed by atoms with Gasteiger partial charge in [0.2, 0.25) is 0 Å². The van der Waals surface area contributed by atoms with Crippen molar-refractivity contribution in [3.05, 3.63) is 29.8 Å². The summed E-state index contributed by atoms with van der Waals surface area (Å²) in [6.07, 6.45) is -5.35. The second-order valence-electron chi connectivity index (χ2n) is 21.7. The van der Waals surface area contributed by atoms with Crippen LogP contribution < -0.4 is 5.73 Å². The first-order chi connectivity index (χ1) is 32.6. The predicted octanol–water partition coefficient (Wildman–Crippen LogP) is 4.18. The first kappa shape index (κ1) is 52.8. The van der Waals surface area contributed by atoms with Gasteiger partial charge in [0, 0.05) is 46.8 Å². The highest BCUT2D eigenvalue weighted by molar-refractivity contribution is 5.95. The fourth-order valence-electron chi connectivity index (χ4n) is 14.3. The van der Waals surface area contributed by atoms with Gasteiger partial charge in [-0.3, -0.25) is 4.79 Å². The number of fused-ring (bicyclic) bond motifs is 5. The summed E-state index contributed by atoms with van der Waals surface area (Å²) < 4.78 is 67.7. The van der Waals surface area contributed by atoms with Crippen LogP contribution in [0.25, 0.3) is 0 Å². The number of aliphatic hydroxyl groups is 4. The Hall–Kier alpha value is -2.56. The van der Waals surface area contributed by atoms with E-state index < -0.39 is 115 Å². The van der Waals surface area contributed by atoms with E-state index in [1.165, 1.54) is 14.0 Å². The van der Waals surface area contributed by atoms with E-state index in [9.17, 15) is 30.0 Å². The van der Waals surface area contributed by atoms with Crippen molar-refractivity contribution in [3.8, 4) is 0 Å². The summed E-state index contributed by atoms with van der Waals surface area (Å²) in [6.45, 7) is 12.6. The molecule has 0 radical (unpaired) electrons. The van der Waals surface area contributed by atoms with Gasteiger partial charge in [-0.15, -0.1) is 0 Å². The third kappa shape index (κ3) is 9.28. The minimum absolute atomic E-state index is 0.0112. The van der Waals surface area contributed by atoms with Crippen LogP contribution in [0.5, 0.6) is 0 Å². The van der Waals surface area contributed by atoms with Crippen molar-refractivity contribution in [3.63, 3.8) is 0 Å². The number of aliphatic hydroxyl groups excluding tert-OH is 2. The predicted molar refractivity (Wildman–Crippen MR) is 246 cm³/mol. The van der Waals surface area contributed by atoms with E-state index in [1.54, 1.807) is 52.3 Å². The number of nitrogens with two attached hydrogens (primary N) is 1. The molecule has 390 valence electrons. The average molecular weight is 978 g/mol. The van der Waals surface area contributed by atoms with Crippen LogP contribution >= 0.6 is 0 Å². The van der Waals surface area contributed by atoms with Gasteiger partial charge in [0.15, 0.2) is 18.9 Å². The van der Waals surface area contributed by atoms with E-state index in [0.717, 1.165) is 32.1 Å². The molecule has 23 atom stereocenters. The summed E-state index contributed by atoms with van der Waals surface area (Å²) in [5.74, 6) is -1.11. The molecule has 7 fully saturated rings. The highest BCUT2D eigenvalue weighted by Gasteiger charge is 2.77. The lowest BCUT2D eigenvalue weighted by atomic mass is 9.42. The van der Waals surface area contributed by atoms with Crippen molar-refractivity contribution < 1.29 is 82.1 Å². The molecule has 3 saturated heterocycles. The van der Waals surface area contributed by atoms with Crippen molar-refractivity contribution in [1.82, 2.24) is 0 Å². The number of nitrogen functional groups attached to an aromatic ring is 1. The molecule has 6 N–H and O–H groups in total. The van der Waals surface area contributed by atoms with Gasteiger partial charge in [0.05, 0.1) is 53.2 Å². The molecule has 7 aliphatic rings. The molecule has 18 heteroatoms. The maximum absolute atomic E-state index is 13.4. The smallest absolute Gasteiger partial charge is 0.340 e. The number of carbonyl (C=O) groups is 2. The Morgan fingerprint density at radius 3 is 2.00 bits per heavy atom. The zero-order chi connectivity index (χ0) is 50.0. The highest BCUT2D eigenvalue weighted by Crippen LogP contribution is 2.71. The van der Waals surface area contributed by atoms with Crippen LogP contribution in [-0.2, 0) is 56.9 Å². The Bertz CT molecular complexity index is 1960. The lowest BCUT2D eigenvalue weighted by molar-refractivity contribution is -0.352. The van der Waals surface area contributed by atoms with Gasteiger partial charge in [0.1, 0.15) is 48.3 Å². The minimum Gasteiger partial charge on any atom is -0.462 e. The molecule has 69 heavy (non-hydrogen) atoms. The number of methoxy groups -OCH3 is 3. The highest BCUT2D eigenvalue weighted by atomic mass is 16.8. The molecule has 1 aromatic carbocycles. The number of para-hydroxylation sites is 1. The van der Waals surface area contributed by atoms with Crippen molar-refractivity contribution >= 4 is 17.6 Å². The van der Waals surface area contributed by atoms with E-state index in [0.29, 0.717) is 19.3 Å². The summed E-state index contributed by atoms with van der Waals surface area (Å²) >= 11 is 0. The van der Waals surface area contributed by atoms with Crippen molar-refractivity contribution in [2.75, 3.05) is 27.1 Å². The Kier molecular flexibility index (Phi) is 15.6. The zero-order valence-electron chi connectivity index (χ0n) is 42.0. The van der Waals surface area contributed by atoms with E-state index in [4.69, 9.17) is 57.8 Å². The minimum atomic E-state index is -1.71. The number of esters is 2. The molecule has 0 aromatic heterocycles. The van der Waals surface area contributed by atoms with Gasteiger partial charge in [-0.05, 0) is 114 Å². The molecular formula is C51H79NO17. The molecule has 0 spiro atoms. The van der Waals surface area contributed by atoms with E-state index in [1.807, 2.05) is 20.8 Å². The third-order valence-electron chi connectivity index (χ3n) is 18.3. The van der Waals surface area contributed by atoms with Gasteiger partial charge in [-0.1, -0.05) is 26.0 Å². The van der Waals surface area contributed by atoms with Crippen LogP contribution in [0.3, 0.4) is 0 Å². The Labute approximate surface area is 406 Å². The number of hydrogen-bond acceptors (Lipinski definition) is 18. The molecule has 0 bridgehead atoms. The van der Waals surface area contributed by atoms with Gasteiger partial charge < -0.3 is 78.3 Å². The van der Waals surface area contributed by atoms with Crippen LogP contribution in [0.2, 0.25) is 0 Å². The number of hydrogen-bond donors (Lipinski definition) is 5. The second kappa shape index (κ2) is 20.4. The standard InChI is InChI=1S/C51H79NO17/c1-25-41(54)45(61-10)42(55)47(64-25)69-44-27(3)63-40(24-37(44)60-9)68-43-26(2)62-39(23-36(43)59-8)67-31-17-18-48(6)30(21-31)15-16-33-34(48)22-38(66-29(5)53)49(7)50(57,19-20-51(33,49)58)28(4)65-46(56)32-13-11-12-14-35(32)52/h11-14,25-28,30-31,33-34,36-45,47,54-55,57-58H,15-24,52H2,1-10H3. The van der Waals surface area contributed by atoms with Crippen molar-refractivity contribution in [1.29, 1.82) is 0 Å². The topological polar surface area (TPSA) is 243 Å². The molecule has 1 aromatic rings. The lowest BCUT2D eigenvalue weighted by Crippen LogP contribution is -2.72. The van der Waals surface area contributed by atoms with Gasteiger partial charge >= 0.3 is 11.9 Å². The van der Waals surface area contributed by atoms with E-state index in [-0.39, 0.29) is 59.5 Å². The average Bonchev–Trinajstić information content (AvgIpc) is 3.53. The van der Waals surface area contributed by atoms with Crippen molar-refractivity contribution in [2.24, 2.45) is 28.6 Å². The second-order valence-corrected chi connectivity index (χ2v) is 21.7. The van der Waals surface area contributed by atoms with Crippen LogP contribution in [0.4, 0.5) is 5.69 Å². The lowest BCUT2D eigenvalue weighted by Gasteiger charge is -2.66. The Morgan fingerprint density at radius 1 is 0.739 bits per heavy atom. The number of rotatable bonds is 13. The fourth-order valence-corrected chi connectivity index (χ4v) is 14.3. The number of carbonyl (C=O) groups excluding carboxylic acids is 2. The molecule has 0 amide bonds. The third-order valence-corrected chi connectivity index (χ3v) is 18.3. The Morgan fingerprint density at radius 2 is 1.38 bits per heavy atom. The molecular weight excluding hydrogens is 899 g/mol.